The second-order valence-electron chi connectivity index (χ2n) is 9.31. The molecule has 0 N–H and O–H groups in total. The maximum atomic E-state index is 12.1. The van der Waals surface area contributed by atoms with E-state index in [1.807, 2.05) is 20.8 Å². The number of likely N-dealkylation sites (tertiary alicyclic amines) is 1. The average molecular weight is 439 g/mol. The number of halogens is 1. The molecule has 1 aromatic rings. The fourth-order valence-corrected chi connectivity index (χ4v) is 4.14. The van der Waals surface area contributed by atoms with Crippen LogP contribution in [0.5, 0.6) is 0 Å². The van der Waals surface area contributed by atoms with Crippen LogP contribution in [0.2, 0.25) is 5.02 Å². The molecule has 0 atom stereocenters. The summed E-state index contributed by atoms with van der Waals surface area (Å²) in [6.45, 7) is 9.92. The Bertz CT molecular complexity index is 664. The highest BCUT2D eigenvalue weighted by Gasteiger charge is 2.27. The quantitative estimate of drug-likeness (QED) is 0.607. The molecule has 2 fully saturated rings. The summed E-state index contributed by atoms with van der Waals surface area (Å²) < 4.78 is 11.5. The van der Waals surface area contributed by atoms with E-state index >= 15 is 0 Å². The molecule has 2 saturated heterocycles. The molecule has 0 saturated carbocycles. The van der Waals surface area contributed by atoms with E-state index in [1.165, 1.54) is 19.3 Å². The first-order chi connectivity index (χ1) is 14.3. The van der Waals surface area contributed by atoms with Gasteiger partial charge < -0.3 is 19.3 Å². The van der Waals surface area contributed by atoms with E-state index in [0.717, 1.165) is 50.8 Å². The fourth-order valence-electron chi connectivity index (χ4n) is 4.04. The van der Waals surface area contributed by atoms with Gasteiger partial charge in [0.15, 0.2) is 0 Å². The Balaban J connectivity index is 1.26. The van der Waals surface area contributed by atoms with E-state index in [9.17, 15) is 4.79 Å². The van der Waals surface area contributed by atoms with Gasteiger partial charge in [-0.15, -0.1) is 0 Å². The second-order valence-corrected chi connectivity index (χ2v) is 9.75. The Labute approximate surface area is 185 Å². The molecular formula is C22H35ClN4O3. The number of carbonyl (C=O) groups is 1. The van der Waals surface area contributed by atoms with Crippen molar-refractivity contribution in [2.45, 2.75) is 71.0 Å². The van der Waals surface area contributed by atoms with Gasteiger partial charge in [0.05, 0.1) is 23.5 Å². The van der Waals surface area contributed by atoms with Crippen molar-refractivity contribution < 1.29 is 14.3 Å². The van der Waals surface area contributed by atoms with Crippen LogP contribution >= 0.6 is 11.6 Å². The summed E-state index contributed by atoms with van der Waals surface area (Å²) in [7, 11) is 0. The first kappa shape index (κ1) is 23.1. The minimum atomic E-state index is -0.442. The molecule has 0 bridgehead atoms. The zero-order valence-corrected chi connectivity index (χ0v) is 19.2. The number of hydrogen-bond donors (Lipinski definition) is 0. The van der Waals surface area contributed by atoms with Gasteiger partial charge in [-0.1, -0.05) is 11.6 Å². The summed E-state index contributed by atoms with van der Waals surface area (Å²) in [5.41, 5.74) is -0.442. The van der Waals surface area contributed by atoms with Crippen molar-refractivity contribution in [1.29, 1.82) is 0 Å². The van der Waals surface area contributed by atoms with E-state index in [4.69, 9.17) is 21.1 Å². The molecule has 0 aromatic carbocycles. The molecule has 3 rings (SSSR count). The Hall–Kier alpha value is -1.60. The number of nitrogens with zero attached hydrogens (tertiary/aromatic N) is 4. The summed E-state index contributed by atoms with van der Waals surface area (Å²) in [5.74, 6) is 1.52. The molecule has 0 aliphatic carbocycles. The maximum Gasteiger partial charge on any atom is 0.410 e. The summed E-state index contributed by atoms with van der Waals surface area (Å²) in [6, 6.07) is 0. The van der Waals surface area contributed by atoms with Crippen molar-refractivity contribution in [3.05, 3.63) is 17.4 Å². The Kier molecular flexibility index (Phi) is 8.17. The fraction of sp³-hybridized carbons (Fsp3) is 0.773. The minimum Gasteiger partial charge on any atom is -0.444 e. The highest BCUT2D eigenvalue weighted by Crippen LogP contribution is 2.25. The molecule has 2 aliphatic heterocycles. The van der Waals surface area contributed by atoms with Crippen LogP contribution < -0.4 is 4.90 Å². The van der Waals surface area contributed by atoms with Gasteiger partial charge in [0.2, 0.25) is 5.95 Å². The van der Waals surface area contributed by atoms with Crippen LogP contribution in [-0.2, 0) is 9.47 Å². The highest BCUT2D eigenvalue weighted by atomic mass is 35.5. The van der Waals surface area contributed by atoms with E-state index in [2.05, 4.69) is 14.9 Å². The molecule has 1 amide bonds. The highest BCUT2D eigenvalue weighted by molar-refractivity contribution is 6.30. The molecule has 2 aliphatic rings. The molecule has 30 heavy (non-hydrogen) atoms. The first-order valence-electron chi connectivity index (χ1n) is 11.1. The molecule has 7 nitrogen and oxygen atoms in total. The van der Waals surface area contributed by atoms with Crippen molar-refractivity contribution in [2.24, 2.45) is 5.92 Å². The van der Waals surface area contributed by atoms with Crippen molar-refractivity contribution in [3.8, 4) is 0 Å². The summed E-state index contributed by atoms with van der Waals surface area (Å²) in [6.07, 6.45) is 9.76. The van der Waals surface area contributed by atoms with E-state index in [1.54, 1.807) is 17.3 Å². The third-order valence-electron chi connectivity index (χ3n) is 5.71. The smallest absolute Gasteiger partial charge is 0.410 e. The normalized spacial score (nSPS) is 19.2. The third kappa shape index (κ3) is 7.27. The van der Waals surface area contributed by atoms with Crippen LogP contribution in [0.1, 0.15) is 59.3 Å². The number of piperidine rings is 2. The number of hydrogen-bond acceptors (Lipinski definition) is 6. The van der Waals surface area contributed by atoms with Crippen LogP contribution in [0.3, 0.4) is 0 Å². The first-order valence-corrected chi connectivity index (χ1v) is 11.5. The summed E-state index contributed by atoms with van der Waals surface area (Å²) >= 11 is 5.87. The number of amides is 1. The standard InChI is InChI=1S/C22H35ClN4O3/c1-22(2,3)30-21(28)27-12-8-19(9-13-27)29-14-4-5-17-6-10-26(11-7-17)20-24-15-18(23)16-25-20/h15-17,19H,4-14H2,1-3H3. The Morgan fingerprint density at radius 1 is 1.10 bits per heavy atom. The SMILES string of the molecule is CC(C)(C)OC(=O)N1CCC(OCCCC2CCN(c3ncc(Cl)cn3)CC2)CC1. The van der Waals surface area contributed by atoms with Crippen molar-refractivity contribution in [2.75, 3.05) is 37.7 Å². The lowest BCUT2D eigenvalue weighted by atomic mass is 9.92. The average Bonchev–Trinajstić information content (AvgIpc) is 2.71. The van der Waals surface area contributed by atoms with Gasteiger partial charge in [-0.3, -0.25) is 0 Å². The molecule has 0 radical (unpaired) electrons. The number of aromatic nitrogens is 2. The topological polar surface area (TPSA) is 67.8 Å². The molecule has 1 aromatic heterocycles. The second kappa shape index (κ2) is 10.6. The van der Waals surface area contributed by atoms with Gasteiger partial charge in [-0.25, -0.2) is 14.8 Å². The number of carbonyl (C=O) groups excluding carboxylic acids is 1. The monoisotopic (exact) mass is 438 g/mol. The summed E-state index contributed by atoms with van der Waals surface area (Å²) in [5, 5.41) is 0.573. The van der Waals surface area contributed by atoms with Gasteiger partial charge in [0, 0.05) is 32.8 Å². The molecule has 8 heteroatoms. The minimum absolute atomic E-state index is 0.212. The molecule has 0 spiro atoms. The molecule has 3 heterocycles. The zero-order chi connectivity index (χ0) is 21.6. The van der Waals surface area contributed by atoms with E-state index in [0.29, 0.717) is 18.1 Å². The number of anilines is 1. The van der Waals surface area contributed by atoms with Gasteiger partial charge in [-0.05, 0) is 65.2 Å². The Morgan fingerprint density at radius 2 is 1.73 bits per heavy atom. The number of ether oxygens (including phenoxy) is 2. The number of rotatable bonds is 6. The van der Waals surface area contributed by atoms with Crippen molar-refractivity contribution >= 4 is 23.6 Å². The predicted molar refractivity (Wildman–Crippen MR) is 118 cm³/mol. The predicted octanol–water partition coefficient (Wildman–Crippen LogP) is 4.54. The van der Waals surface area contributed by atoms with Gasteiger partial charge in [0.1, 0.15) is 5.60 Å². The van der Waals surface area contributed by atoms with Crippen molar-refractivity contribution in [3.63, 3.8) is 0 Å². The van der Waals surface area contributed by atoms with Gasteiger partial charge in [0.25, 0.3) is 0 Å². The van der Waals surface area contributed by atoms with Crippen LogP contribution in [0.25, 0.3) is 0 Å². The van der Waals surface area contributed by atoms with E-state index < -0.39 is 5.60 Å². The van der Waals surface area contributed by atoms with Gasteiger partial charge >= 0.3 is 6.09 Å². The van der Waals surface area contributed by atoms with Crippen LogP contribution in [0, 0.1) is 5.92 Å². The lowest BCUT2D eigenvalue weighted by Crippen LogP contribution is -2.43. The molecule has 0 unspecified atom stereocenters. The summed E-state index contributed by atoms with van der Waals surface area (Å²) in [4.78, 5) is 24.8. The van der Waals surface area contributed by atoms with Crippen molar-refractivity contribution in [1.82, 2.24) is 14.9 Å². The molecular weight excluding hydrogens is 404 g/mol. The van der Waals surface area contributed by atoms with Crippen LogP contribution in [0.15, 0.2) is 12.4 Å². The maximum absolute atomic E-state index is 12.1. The molecule has 168 valence electrons. The largest absolute Gasteiger partial charge is 0.444 e. The lowest BCUT2D eigenvalue weighted by Gasteiger charge is -2.33. The van der Waals surface area contributed by atoms with Crippen LogP contribution in [-0.4, -0.2) is 65.5 Å². The van der Waals surface area contributed by atoms with Gasteiger partial charge in [-0.2, -0.15) is 0 Å². The lowest BCUT2D eigenvalue weighted by molar-refractivity contribution is -0.0127. The Morgan fingerprint density at radius 3 is 2.33 bits per heavy atom. The van der Waals surface area contributed by atoms with Crippen LogP contribution in [0.4, 0.5) is 10.7 Å². The third-order valence-corrected chi connectivity index (χ3v) is 5.90. The zero-order valence-electron chi connectivity index (χ0n) is 18.5. The van der Waals surface area contributed by atoms with E-state index in [-0.39, 0.29) is 12.2 Å².